The maximum atomic E-state index is 12.9. The third-order valence-corrected chi connectivity index (χ3v) is 3.22. The number of nitro groups is 1. The van der Waals surface area contributed by atoms with Gasteiger partial charge in [0.05, 0.1) is 15.6 Å². The van der Waals surface area contributed by atoms with Crippen molar-refractivity contribution in [3.8, 4) is 0 Å². The standard InChI is InChI=1S/C14H12ClFN2O2/c1-9(10-2-4-11(16)5-3-10)17-14-7-6-12(18(19)20)8-13(14)15/h2-9,17H,1H3/t9-/m0/s1. The molecule has 0 aliphatic carbocycles. The van der Waals surface area contributed by atoms with Crippen molar-refractivity contribution in [2.75, 3.05) is 5.32 Å². The van der Waals surface area contributed by atoms with Gasteiger partial charge in [-0.2, -0.15) is 0 Å². The lowest BCUT2D eigenvalue weighted by molar-refractivity contribution is -0.384. The molecule has 0 aliphatic rings. The molecule has 6 heteroatoms. The van der Waals surface area contributed by atoms with Gasteiger partial charge in [0.1, 0.15) is 5.82 Å². The maximum Gasteiger partial charge on any atom is 0.271 e. The Bertz CT molecular complexity index is 632. The summed E-state index contributed by atoms with van der Waals surface area (Å²) in [5, 5.41) is 14.0. The fourth-order valence-electron chi connectivity index (χ4n) is 1.80. The van der Waals surface area contributed by atoms with Crippen LogP contribution in [-0.2, 0) is 0 Å². The second-order valence-electron chi connectivity index (χ2n) is 4.34. The van der Waals surface area contributed by atoms with Crippen LogP contribution in [0.4, 0.5) is 15.8 Å². The molecule has 0 fully saturated rings. The Morgan fingerprint density at radius 2 is 1.90 bits per heavy atom. The molecule has 0 radical (unpaired) electrons. The van der Waals surface area contributed by atoms with Gasteiger partial charge >= 0.3 is 0 Å². The fourth-order valence-corrected chi connectivity index (χ4v) is 2.03. The first-order chi connectivity index (χ1) is 9.47. The Balaban J connectivity index is 2.17. The van der Waals surface area contributed by atoms with Crippen LogP contribution in [0.2, 0.25) is 5.02 Å². The van der Waals surface area contributed by atoms with E-state index in [-0.39, 0.29) is 22.6 Å². The highest BCUT2D eigenvalue weighted by molar-refractivity contribution is 6.33. The topological polar surface area (TPSA) is 55.2 Å². The molecule has 20 heavy (non-hydrogen) atoms. The Morgan fingerprint density at radius 1 is 1.25 bits per heavy atom. The van der Waals surface area contributed by atoms with Gasteiger partial charge < -0.3 is 5.32 Å². The summed E-state index contributed by atoms with van der Waals surface area (Å²) in [6.45, 7) is 1.89. The number of nitrogens with one attached hydrogen (secondary N) is 1. The number of hydrogen-bond donors (Lipinski definition) is 1. The Hall–Kier alpha value is -2.14. The molecule has 104 valence electrons. The number of halogens is 2. The molecular weight excluding hydrogens is 283 g/mol. The summed E-state index contributed by atoms with van der Waals surface area (Å²) in [6, 6.07) is 10.2. The van der Waals surface area contributed by atoms with Gasteiger partial charge in [0.25, 0.3) is 5.69 Å². The molecule has 1 N–H and O–H groups in total. The zero-order valence-corrected chi connectivity index (χ0v) is 11.4. The van der Waals surface area contributed by atoms with E-state index >= 15 is 0 Å². The van der Waals surface area contributed by atoms with Crippen molar-refractivity contribution >= 4 is 23.0 Å². The van der Waals surface area contributed by atoms with Crippen molar-refractivity contribution in [1.82, 2.24) is 0 Å². The van der Waals surface area contributed by atoms with E-state index in [1.165, 1.54) is 24.3 Å². The maximum absolute atomic E-state index is 12.9. The van der Waals surface area contributed by atoms with Crippen LogP contribution < -0.4 is 5.32 Å². The van der Waals surface area contributed by atoms with E-state index in [0.717, 1.165) is 5.56 Å². The van der Waals surface area contributed by atoms with Crippen molar-refractivity contribution in [3.05, 3.63) is 69.0 Å². The Labute approximate surface area is 120 Å². The molecule has 0 aliphatic heterocycles. The number of nitrogens with zero attached hydrogens (tertiary/aromatic N) is 1. The van der Waals surface area contributed by atoms with Crippen LogP contribution in [-0.4, -0.2) is 4.92 Å². The number of non-ortho nitro benzene ring substituents is 1. The van der Waals surface area contributed by atoms with Crippen molar-refractivity contribution in [3.63, 3.8) is 0 Å². The summed E-state index contributed by atoms with van der Waals surface area (Å²) < 4.78 is 12.9. The molecule has 2 rings (SSSR count). The third-order valence-electron chi connectivity index (χ3n) is 2.91. The molecule has 0 saturated heterocycles. The summed E-state index contributed by atoms with van der Waals surface area (Å²) in [6.07, 6.45) is 0. The van der Waals surface area contributed by atoms with E-state index in [4.69, 9.17) is 11.6 Å². The molecule has 2 aromatic rings. The zero-order valence-electron chi connectivity index (χ0n) is 10.6. The van der Waals surface area contributed by atoms with E-state index < -0.39 is 4.92 Å². The minimum Gasteiger partial charge on any atom is -0.377 e. The number of benzene rings is 2. The average molecular weight is 295 g/mol. The summed E-state index contributed by atoms with van der Waals surface area (Å²) >= 11 is 6.00. The minimum absolute atomic E-state index is 0.0602. The van der Waals surface area contributed by atoms with Gasteiger partial charge in [-0.1, -0.05) is 23.7 Å². The van der Waals surface area contributed by atoms with Crippen LogP contribution >= 0.6 is 11.6 Å². The zero-order chi connectivity index (χ0) is 14.7. The van der Waals surface area contributed by atoms with Crippen molar-refractivity contribution in [2.24, 2.45) is 0 Å². The van der Waals surface area contributed by atoms with E-state index in [1.807, 2.05) is 6.92 Å². The lowest BCUT2D eigenvalue weighted by atomic mass is 10.1. The Morgan fingerprint density at radius 3 is 2.45 bits per heavy atom. The quantitative estimate of drug-likeness (QED) is 0.664. The van der Waals surface area contributed by atoms with Crippen LogP contribution in [0, 0.1) is 15.9 Å². The van der Waals surface area contributed by atoms with Gasteiger partial charge in [-0.25, -0.2) is 4.39 Å². The van der Waals surface area contributed by atoms with Gasteiger partial charge in [0, 0.05) is 18.2 Å². The van der Waals surface area contributed by atoms with Crippen LogP contribution in [0.3, 0.4) is 0 Å². The summed E-state index contributed by atoms with van der Waals surface area (Å²) in [7, 11) is 0. The van der Waals surface area contributed by atoms with Gasteiger partial charge in [0.2, 0.25) is 0 Å². The van der Waals surface area contributed by atoms with Crippen molar-refractivity contribution in [2.45, 2.75) is 13.0 Å². The monoisotopic (exact) mass is 294 g/mol. The van der Waals surface area contributed by atoms with Crippen molar-refractivity contribution in [1.29, 1.82) is 0 Å². The van der Waals surface area contributed by atoms with Crippen molar-refractivity contribution < 1.29 is 9.31 Å². The lowest BCUT2D eigenvalue weighted by Gasteiger charge is -2.16. The van der Waals surface area contributed by atoms with Crippen LogP contribution in [0.1, 0.15) is 18.5 Å². The molecule has 2 aromatic carbocycles. The predicted octanol–water partition coefficient (Wildman–Crippen LogP) is 4.56. The molecule has 0 heterocycles. The van der Waals surface area contributed by atoms with Crippen LogP contribution in [0.5, 0.6) is 0 Å². The highest BCUT2D eigenvalue weighted by Gasteiger charge is 2.12. The van der Waals surface area contributed by atoms with E-state index in [0.29, 0.717) is 5.69 Å². The smallest absolute Gasteiger partial charge is 0.271 e. The predicted molar refractivity (Wildman–Crippen MR) is 76.5 cm³/mol. The average Bonchev–Trinajstić information content (AvgIpc) is 2.41. The highest BCUT2D eigenvalue weighted by Crippen LogP contribution is 2.29. The summed E-state index contributed by atoms with van der Waals surface area (Å²) in [5.74, 6) is -0.297. The largest absolute Gasteiger partial charge is 0.377 e. The Kier molecular flexibility index (Phi) is 4.20. The third kappa shape index (κ3) is 3.24. The van der Waals surface area contributed by atoms with E-state index in [9.17, 15) is 14.5 Å². The van der Waals surface area contributed by atoms with E-state index in [1.54, 1.807) is 18.2 Å². The molecule has 0 unspecified atom stereocenters. The first-order valence-electron chi connectivity index (χ1n) is 5.93. The summed E-state index contributed by atoms with van der Waals surface area (Å²) in [4.78, 5) is 10.1. The fraction of sp³-hybridized carbons (Fsp3) is 0.143. The number of rotatable bonds is 4. The van der Waals surface area contributed by atoms with Crippen LogP contribution in [0.15, 0.2) is 42.5 Å². The molecule has 0 amide bonds. The molecule has 4 nitrogen and oxygen atoms in total. The number of hydrogen-bond acceptors (Lipinski definition) is 3. The lowest BCUT2D eigenvalue weighted by Crippen LogP contribution is -2.07. The van der Waals surface area contributed by atoms with Gasteiger partial charge in [-0.3, -0.25) is 10.1 Å². The number of nitro benzene ring substituents is 1. The molecule has 0 aromatic heterocycles. The highest BCUT2D eigenvalue weighted by atomic mass is 35.5. The van der Waals surface area contributed by atoms with Crippen LogP contribution in [0.25, 0.3) is 0 Å². The minimum atomic E-state index is -0.501. The van der Waals surface area contributed by atoms with Gasteiger partial charge in [0.15, 0.2) is 0 Å². The first kappa shape index (κ1) is 14.3. The SMILES string of the molecule is C[C@H](Nc1ccc([N+](=O)[O-])cc1Cl)c1ccc(F)cc1. The molecular formula is C14H12ClFN2O2. The summed E-state index contributed by atoms with van der Waals surface area (Å²) in [5.41, 5.74) is 1.42. The number of anilines is 1. The molecule has 0 spiro atoms. The second-order valence-corrected chi connectivity index (χ2v) is 4.75. The molecule has 1 atom stereocenters. The molecule has 0 bridgehead atoms. The van der Waals surface area contributed by atoms with E-state index in [2.05, 4.69) is 5.32 Å². The van der Waals surface area contributed by atoms with Gasteiger partial charge in [-0.15, -0.1) is 0 Å². The molecule has 0 saturated carbocycles. The normalized spacial score (nSPS) is 11.9. The first-order valence-corrected chi connectivity index (χ1v) is 6.31. The van der Waals surface area contributed by atoms with Gasteiger partial charge in [-0.05, 0) is 30.7 Å². The second kappa shape index (κ2) is 5.88.